The van der Waals surface area contributed by atoms with Crippen LogP contribution in [0.2, 0.25) is 0 Å². The Bertz CT molecular complexity index is 286. The minimum Gasteiger partial charge on any atom is -0.393 e. The standard InChI is InChI=1S/C13H21NOS/c15-13-3-1-2-12(8-13)9-14-6-4-11-5-7-16-10-11/h5,7,10,12-15H,1-4,6,8-9H2. The molecule has 1 fully saturated rings. The first-order chi connectivity index (χ1) is 7.84. The van der Waals surface area contributed by atoms with Gasteiger partial charge in [0.25, 0.3) is 0 Å². The number of aliphatic hydroxyl groups is 1. The zero-order chi connectivity index (χ0) is 11.2. The minimum atomic E-state index is -0.0441. The van der Waals surface area contributed by atoms with Gasteiger partial charge in [-0.2, -0.15) is 11.3 Å². The average Bonchev–Trinajstić information content (AvgIpc) is 2.77. The van der Waals surface area contributed by atoms with E-state index in [0.717, 1.165) is 32.4 Å². The SMILES string of the molecule is OC1CCCC(CNCCc2ccsc2)C1. The van der Waals surface area contributed by atoms with Crippen LogP contribution in [-0.4, -0.2) is 24.3 Å². The van der Waals surface area contributed by atoms with E-state index in [4.69, 9.17) is 0 Å². The molecule has 3 heteroatoms. The highest BCUT2D eigenvalue weighted by molar-refractivity contribution is 7.07. The Labute approximate surface area is 102 Å². The third-order valence-electron chi connectivity index (χ3n) is 3.36. The molecule has 2 unspecified atom stereocenters. The molecule has 0 radical (unpaired) electrons. The molecule has 16 heavy (non-hydrogen) atoms. The largest absolute Gasteiger partial charge is 0.393 e. The summed E-state index contributed by atoms with van der Waals surface area (Å²) in [4.78, 5) is 0. The molecule has 2 rings (SSSR count). The van der Waals surface area contributed by atoms with Gasteiger partial charge in [-0.3, -0.25) is 0 Å². The zero-order valence-electron chi connectivity index (χ0n) is 9.69. The van der Waals surface area contributed by atoms with Crippen molar-refractivity contribution in [1.29, 1.82) is 0 Å². The van der Waals surface area contributed by atoms with Crippen molar-refractivity contribution in [2.24, 2.45) is 5.92 Å². The van der Waals surface area contributed by atoms with Gasteiger partial charge in [-0.1, -0.05) is 6.42 Å². The number of thiophene rings is 1. The van der Waals surface area contributed by atoms with Crippen molar-refractivity contribution in [1.82, 2.24) is 5.32 Å². The highest BCUT2D eigenvalue weighted by atomic mass is 32.1. The highest BCUT2D eigenvalue weighted by Crippen LogP contribution is 2.23. The average molecular weight is 239 g/mol. The van der Waals surface area contributed by atoms with Gasteiger partial charge in [0.1, 0.15) is 0 Å². The Morgan fingerprint density at radius 3 is 3.12 bits per heavy atom. The second kappa shape index (κ2) is 6.38. The van der Waals surface area contributed by atoms with Gasteiger partial charge in [0.2, 0.25) is 0 Å². The van der Waals surface area contributed by atoms with Crippen LogP contribution in [0.15, 0.2) is 16.8 Å². The lowest BCUT2D eigenvalue weighted by molar-refractivity contribution is 0.101. The van der Waals surface area contributed by atoms with Crippen molar-refractivity contribution < 1.29 is 5.11 Å². The van der Waals surface area contributed by atoms with Gasteiger partial charge in [-0.05, 0) is 67.1 Å². The summed E-state index contributed by atoms with van der Waals surface area (Å²) in [6.45, 7) is 2.13. The molecule has 1 aromatic heterocycles. The lowest BCUT2D eigenvalue weighted by atomic mass is 9.87. The second-order valence-electron chi connectivity index (χ2n) is 4.77. The number of rotatable bonds is 5. The Morgan fingerprint density at radius 1 is 1.44 bits per heavy atom. The number of nitrogens with one attached hydrogen (secondary N) is 1. The molecule has 0 bridgehead atoms. The van der Waals surface area contributed by atoms with E-state index in [0.29, 0.717) is 5.92 Å². The summed E-state index contributed by atoms with van der Waals surface area (Å²) in [5.41, 5.74) is 1.43. The molecule has 0 spiro atoms. The maximum absolute atomic E-state index is 9.56. The predicted octanol–water partition coefficient (Wildman–Crippen LogP) is 2.43. The molecule has 2 atom stereocenters. The molecular weight excluding hydrogens is 218 g/mol. The van der Waals surface area contributed by atoms with Crippen molar-refractivity contribution in [3.63, 3.8) is 0 Å². The maximum Gasteiger partial charge on any atom is 0.0543 e. The molecule has 90 valence electrons. The quantitative estimate of drug-likeness (QED) is 0.774. The summed E-state index contributed by atoms with van der Waals surface area (Å²) in [6, 6.07) is 2.19. The number of hydrogen-bond donors (Lipinski definition) is 2. The van der Waals surface area contributed by atoms with Gasteiger partial charge in [-0.25, -0.2) is 0 Å². The molecule has 1 saturated carbocycles. The molecule has 1 aliphatic carbocycles. The summed E-state index contributed by atoms with van der Waals surface area (Å²) in [6.07, 6.45) is 5.55. The normalized spacial score (nSPS) is 25.8. The van der Waals surface area contributed by atoms with E-state index in [1.807, 2.05) is 0 Å². The third kappa shape index (κ3) is 3.89. The molecule has 2 N–H and O–H groups in total. The fraction of sp³-hybridized carbons (Fsp3) is 0.692. The second-order valence-corrected chi connectivity index (χ2v) is 5.55. The molecule has 0 aromatic carbocycles. The van der Waals surface area contributed by atoms with E-state index in [-0.39, 0.29) is 6.10 Å². The van der Waals surface area contributed by atoms with E-state index < -0.39 is 0 Å². The molecule has 1 heterocycles. The van der Waals surface area contributed by atoms with Crippen molar-refractivity contribution in [2.75, 3.05) is 13.1 Å². The van der Waals surface area contributed by atoms with Gasteiger partial charge < -0.3 is 10.4 Å². The lowest BCUT2D eigenvalue weighted by Crippen LogP contribution is -2.30. The van der Waals surface area contributed by atoms with Crippen LogP contribution < -0.4 is 5.32 Å². The summed E-state index contributed by atoms with van der Waals surface area (Å²) >= 11 is 1.77. The van der Waals surface area contributed by atoms with Crippen LogP contribution in [0.1, 0.15) is 31.2 Å². The van der Waals surface area contributed by atoms with Gasteiger partial charge in [0.05, 0.1) is 6.10 Å². The van der Waals surface area contributed by atoms with Crippen LogP contribution in [0.25, 0.3) is 0 Å². The van der Waals surface area contributed by atoms with Gasteiger partial charge >= 0.3 is 0 Å². The van der Waals surface area contributed by atoms with Crippen LogP contribution in [0.3, 0.4) is 0 Å². The minimum absolute atomic E-state index is 0.0441. The van der Waals surface area contributed by atoms with Crippen LogP contribution in [-0.2, 0) is 6.42 Å². The molecule has 0 amide bonds. The zero-order valence-corrected chi connectivity index (χ0v) is 10.5. The smallest absolute Gasteiger partial charge is 0.0543 e. The number of aliphatic hydroxyl groups excluding tert-OH is 1. The molecule has 1 aliphatic rings. The van der Waals surface area contributed by atoms with Gasteiger partial charge in [-0.15, -0.1) is 0 Å². The first-order valence-corrected chi connectivity index (χ1v) is 7.18. The van der Waals surface area contributed by atoms with E-state index in [1.165, 1.54) is 18.4 Å². The molecular formula is C13H21NOS. The van der Waals surface area contributed by atoms with Gasteiger partial charge in [0.15, 0.2) is 0 Å². The van der Waals surface area contributed by atoms with Crippen LogP contribution in [0.5, 0.6) is 0 Å². The summed E-state index contributed by atoms with van der Waals surface area (Å²) in [7, 11) is 0. The van der Waals surface area contributed by atoms with Crippen molar-refractivity contribution in [3.05, 3.63) is 22.4 Å². The first kappa shape index (κ1) is 12.1. The highest BCUT2D eigenvalue weighted by Gasteiger charge is 2.19. The Kier molecular flexibility index (Phi) is 4.82. The van der Waals surface area contributed by atoms with E-state index in [2.05, 4.69) is 22.1 Å². The van der Waals surface area contributed by atoms with E-state index in [1.54, 1.807) is 11.3 Å². The molecule has 0 aliphatic heterocycles. The monoisotopic (exact) mass is 239 g/mol. The summed E-state index contributed by atoms with van der Waals surface area (Å²) in [5, 5.41) is 17.4. The topological polar surface area (TPSA) is 32.3 Å². The summed E-state index contributed by atoms with van der Waals surface area (Å²) in [5.74, 6) is 0.686. The Balaban J connectivity index is 1.57. The van der Waals surface area contributed by atoms with E-state index >= 15 is 0 Å². The van der Waals surface area contributed by atoms with Gasteiger partial charge in [0, 0.05) is 0 Å². The van der Waals surface area contributed by atoms with Crippen LogP contribution in [0, 0.1) is 5.92 Å². The molecule has 0 saturated heterocycles. The Morgan fingerprint density at radius 2 is 2.38 bits per heavy atom. The molecule has 2 nitrogen and oxygen atoms in total. The predicted molar refractivity (Wildman–Crippen MR) is 68.9 cm³/mol. The lowest BCUT2D eigenvalue weighted by Gasteiger charge is -2.25. The Hall–Kier alpha value is -0.380. The maximum atomic E-state index is 9.56. The number of hydrogen-bond acceptors (Lipinski definition) is 3. The fourth-order valence-electron chi connectivity index (χ4n) is 2.42. The van der Waals surface area contributed by atoms with Crippen LogP contribution >= 0.6 is 11.3 Å². The van der Waals surface area contributed by atoms with Crippen molar-refractivity contribution in [2.45, 2.75) is 38.2 Å². The third-order valence-corrected chi connectivity index (χ3v) is 4.09. The van der Waals surface area contributed by atoms with E-state index in [9.17, 15) is 5.11 Å². The first-order valence-electron chi connectivity index (χ1n) is 6.24. The molecule has 1 aromatic rings. The van der Waals surface area contributed by atoms with Crippen molar-refractivity contribution in [3.8, 4) is 0 Å². The van der Waals surface area contributed by atoms with Crippen molar-refractivity contribution >= 4 is 11.3 Å². The fourth-order valence-corrected chi connectivity index (χ4v) is 3.12. The summed E-state index contributed by atoms with van der Waals surface area (Å²) < 4.78 is 0. The van der Waals surface area contributed by atoms with Crippen LogP contribution in [0.4, 0.5) is 0 Å².